The second-order valence-corrected chi connectivity index (χ2v) is 5.12. The molecule has 0 saturated heterocycles. The van der Waals surface area contributed by atoms with Crippen molar-refractivity contribution < 1.29 is 0 Å². The van der Waals surface area contributed by atoms with Gasteiger partial charge in [0.25, 0.3) is 0 Å². The number of nitrogens with one attached hydrogen (secondary N) is 1. The first-order valence-corrected chi connectivity index (χ1v) is 6.71. The first-order chi connectivity index (χ1) is 9.22. The highest BCUT2D eigenvalue weighted by Crippen LogP contribution is 2.16. The van der Waals surface area contributed by atoms with Gasteiger partial charge in [-0.1, -0.05) is 6.07 Å². The van der Waals surface area contributed by atoms with Crippen molar-refractivity contribution in [2.45, 2.75) is 13.0 Å². The summed E-state index contributed by atoms with van der Waals surface area (Å²) >= 11 is 3.41. The average Bonchev–Trinajstić information content (AvgIpc) is 2.81. The Morgan fingerprint density at radius 2 is 2.16 bits per heavy atom. The Morgan fingerprint density at radius 3 is 2.95 bits per heavy atom. The van der Waals surface area contributed by atoms with Gasteiger partial charge in [0.2, 0.25) is 5.95 Å². The molecule has 1 N–H and O–H groups in total. The largest absolute Gasteiger partial charge is 0.345 e. The number of aromatic nitrogens is 4. The van der Waals surface area contributed by atoms with E-state index in [1.165, 1.54) is 0 Å². The molecule has 5 nitrogen and oxygen atoms in total. The van der Waals surface area contributed by atoms with Crippen LogP contribution in [0.5, 0.6) is 0 Å². The number of rotatable bonds is 3. The summed E-state index contributed by atoms with van der Waals surface area (Å²) in [6, 6.07) is 9.75. The fraction of sp³-hybridized carbons (Fsp3) is 0.154. The molecular weight excluding hydrogens is 306 g/mol. The molecule has 6 heteroatoms. The topological polar surface area (TPSA) is 55.1 Å². The summed E-state index contributed by atoms with van der Waals surface area (Å²) < 4.78 is 2.70. The molecule has 0 bridgehead atoms. The second kappa shape index (κ2) is 4.97. The van der Waals surface area contributed by atoms with Crippen LogP contribution in [-0.4, -0.2) is 19.6 Å². The van der Waals surface area contributed by atoms with E-state index in [1.54, 1.807) is 10.7 Å². The van der Waals surface area contributed by atoms with Gasteiger partial charge in [-0.2, -0.15) is 4.98 Å². The molecule has 0 saturated carbocycles. The lowest BCUT2D eigenvalue weighted by atomic mass is 10.2. The molecule has 0 aliphatic heterocycles. The van der Waals surface area contributed by atoms with Crippen LogP contribution in [0.4, 0.5) is 5.95 Å². The van der Waals surface area contributed by atoms with E-state index in [4.69, 9.17) is 0 Å². The molecule has 3 aromatic rings. The number of anilines is 1. The van der Waals surface area contributed by atoms with Gasteiger partial charge in [0.05, 0.1) is 11.7 Å². The van der Waals surface area contributed by atoms with Crippen LogP contribution in [0.3, 0.4) is 0 Å². The van der Waals surface area contributed by atoms with Crippen molar-refractivity contribution in [3.63, 3.8) is 0 Å². The van der Waals surface area contributed by atoms with E-state index in [-0.39, 0.29) is 6.04 Å². The minimum atomic E-state index is 0.0575. The highest BCUT2D eigenvalue weighted by molar-refractivity contribution is 9.10. The van der Waals surface area contributed by atoms with E-state index < -0.39 is 0 Å². The van der Waals surface area contributed by atoms with Gasteiger partial charge in [-0.05, 0) is 47.1 Å². The van der Waals surface area contributed by atoms with Gasteiger partial charge in [-0.3, -0.25) is 4.98 Å². The average molecular weight is 318 g/mol. The maximum Gasteiger partial charge on any atom is 0.243 e. The van der Waals surface area contributed by atoms with Crippen LogP contribution >= 0.6 is 15.9 Å². The van der Waals surface area contributed by atoms with Gasteiger partial charge >= 0.3 is 0 Å². The normalized spacial score (nSPS) is 12.5. The van der Waals surface area contributed by atoms with E-state index in [9.17, 15) is 0 Å². The third kappa shape index (κ3) is 2.58. The first-order valence-electron chi connectivity index (χ1n) is 5.92. The van der Waals surface area contributed by atoms with E-state index in [2.05, 4.69) is 36.3 Å². The number of pyridine rings is 2. The lowest BCUT2D eigenvalue weighted by Crippen LogP contribution is -2.09. The van der Waals surface area contributed by atoms with Gasteiger partial charge in [0.15, 0.2) is 5.65 Å². The van der Waals surface area contributed by atoms with Crippen LogP contribution in [0.1, 0.15) is 18.7 Å². The molecule has 0 radical (unpaired) electrons. The lowest BCUT2D eigenvalue weighted by Gasteiger charge is -2.10. The van der Waals surface area contributed by atoms with Crippen molar-refractivity contribution in [1.82, 2.24) is 19.6 Å². The molecule has 96 valence electrons. The van der Waals surface area contributed by atoms with Gasteiger partial charge in [0.1, 0.15) is 0 Å². The Labute approximate surface area is 118 Å². The van der Waals surface area contributed by atoms with Crippen LogP contribution < -0.4 is 5.32 Å². The summed E-state index contributed by atoms with van der Waals surface area (Å²) in [6.45, 7) is 2.03. The monoisotopic (exact) mass is 317 g/mol. The first kappa shape index (κ1) is 12.1. The van der Waals surface area contributed by atoms with Crippen molar-refractivity contribution in [1.29, 1.82) is 0 Å². The Bertz CT molecular complexity index is 695. The summed E-state index contributed by atoms with van der Waals surface area (Å²) in [7, 11) is 0. The molecule has 1 atom stereocenters. The molecule has 19 heavy (non-hydrogen) atoms. The molecular formula is C13H12BrN5. The third-order valence-electron chi connectivity index (χ3n) is 2.77. The smallest absolute Gasteiger partial charge is 0.243 e. The number of hydrogen-bond donors (Lipinski definition) is 1. The second-order valence-electron chi connectivity index (χ2n) is 4.21. The fourth-order valence-corrected chi connectivity index (χ4v) is 2.14. The van der Waals surface area contributed by atoms with Crippen LogP contribution in [0.2, 0.25) is 0 Å². The van der Waals surface area contributed by atoms with Crippen LogP contribution in [0, 0.1) is 0 Å². The molecule has 0 aromatic carbocycles. The standard InChI is InChI=1S/C13H12BrN5/c1-9(11-4-2-3-7-15-11)16-13-17-12-6-5-10(14)8-19(12)18-13/h2-9H,1H3,(H,16,18). The fourth-order valence-electron chi connectivity index (χ4n) is 1.82. The molecule has 0 aliphatic rings. The molecule has 0 spiro atoms. The minimum Gasteiger partial charge on any atom is -0.345 e. The van der Waals surface area contributed by atoms with E-state index in [0.717, 1.165) is 15.8 Å². The molecule has 0 amide bonds. The zero-order valence-electron chi connectivity index (χ0n) is 10.3. The van der Waals surface area contributed by atoms with Crippen molar-refractivity contribution in [2.24, 2.45) is 0 Å². The summed E-state index contributed by atoms with van der Waals surface area (Å²) in [5.41, 5.74) is 1.77. The number of hydrogen-bond acceptors (Lipinski definition) is 4. The quantitative estimate of drug-likeness (QED) is 0.806. The Hall–Kier alpha value is -1.95. The van der Waals surface area contributed by atoms with Crippen molar-refractivity contribution in [3.8, 4) is 0 Å². The molecule has 3 heterocycles. The van der Waals surface area contributed by atoms with Crippen LogP contribution in [0.25, 0.3) is 5.65 Å². The molecule has 3 aromatic heterocycles. The van der Waals surface area contributed by atoms with Gasteiger partial charge in [-0.15, -0.1) is 5.10 Å². The maximum atomic E-state index is 4.41. The molecule has 0 aliphatic carbocycles. The van der Waals surface area contributed by atoms with Gasteiger partial charge in [0, 0.05) is 16.9 Å². The summed E-state index contributed by atoms with van der Waals surface area (Å²) in [5.74, 6) is 0.594. The zero-order valence-corrected chi connectivity index (χ0v) is 11.9. The summed E-state index contributed by atoms with van der Waals surface area (Å²) in [5, 5.41) is 7.62. The van der Waals surface area contributed by atoms with Crippen LogP contribution in [-0.2, 0) is 0 Å². The van der Waals surface area contributed by atoms with E-state index >= 15 is 0 Å². The molecule has 1 unspecified atom stereocenters. The van der Waals surface area contributed by atoms with Crippen molar-refractivity contribution in [3.05, 3.63) is 52.9 Å². The van der Waals surface area contributed by atoms with Crippen molar-refractivity contribution in [2.75, 3.05) is 5.32 Å². The highest BCUT2D eigenvalue weighted by Gasteiger charge is 2.09. The molecule has 0 fully saturated rings. The van der Waals surface area contributed by atoms with E-state index in [1.807, 2.05) is 43.5 Å². The number of nitrogens with zero attached hydrogens (tertiary/aromatic N) is 4. The van der Waals surface area contributed by atoms with Gasteiger partial charge < -0.3 is 5.32 Å². The minimum absolute atomic E-state index is 0.0575. The lowest BCUT2D eigenvalue weighted by molar-refractivity contribution is 0.817. The predicted molar refractivity (Wildman–Crippen MR) is 77.0 cm³/mol. The SMILES string of the molecule is CC(Nc1nc2ccc(Br)cn2n1)c1ccccn1. The maximum absolute atomic E-state index is 4.41. The van der Waals surface area contributed by atoms with Crippen molar-refractivity contribution >= 4 is 27.5 Å². The third-order valence-corrected chi connectivity index (χ3v) is 3.24. The predicted octanol–water partition coefficient (Wildman–Crippen LogP) is 3.06. The summed E-state index contributed by atoms with van der Waals surface area (Å²) in [6.07, 6.45) is 3.65. The molecule has 3 rings (SSSR count). The summed E-state index contributed by atoms with van der Waals surface area (Å²) in [4.78, 5) is 8.72. The van der Waals surface area contributed by atoms with Crippen LogP contribution in [0.15, 0.2) is 47.2 Å². The Morgan fingerprint density at radius 1 is 1.26 bits per heavy atom. The number of halogens is 1. The van der Waals surface area contributed by atoms with E-state index in [0.29, 0.717) is 5.95 Å². The zero-order chi connectivity index (χ0) is 13.2. The Kier molecular flexibility index (Phi) is 3.16. The van der Waals surface area contributed by atoms with Gasteiger partial charge in [-0.25, -0.2) is 4.52 Å². The number of fused-ring (bicyclic) bond motifs is 1. The Balaban J connectivity index is 1.85. The highest BCUT2D eigenvalue weighted by atomic mass is 79.9.